The number of hydrogen-bond acceptors (Lipinski definition) is 4. The summed E-state index contributed by atoms with van der Waals surface area (Å²) in [7, 11) is -3.94. The minimum Gasteiger partial charge on any atom is -0.271 e. The number of carbonyl (C=O) groups excluding carboxylic acids is 1. The van der Waals surface area contributed by atoms with Gasteiger partial charge in [-0.2, -0.15) is 5.10 Å². The van der Waals surface area contributed by atoms with Crippen LogP contribution >= 0.6 is 15.9 Å². The highest BCUT2D eigenvalue weighted by molar-refractivity contribution is 9.10. The molecular weight excluding hydrogens is 478 g/mol. The zero-order chi connectivity index (χ0) is 22.4. The van der Waals surface area contributed by atoms with E-state index in [-0.39, 0.29) is 4.90 Å². The van der Waals surface area contributed by atoms with Crippen LogP contribution < -0.4 is 9.73 Å². The molecular formula is C23H22BrN3O3S. The van der Waals surface area contributed by atoms with Crippen molar-refractivity contribution in [2.75, 3.05) is 10.8 Å². The number of rotatable bonds is 7. The van der Waals surface area contributed by atoms with E-state index in [1.807, 2.05) is 31.2 Å². The van der Waals surface area contributed by atoms with Crippen molar-refractivity contribution in [1.82, 2.24) is 5.43 Å². The van der Waals surface area contributed by atoms with E-state index in [0.717, 1.165) is 19.9 Å². The van der Waals surface area contributed by atoms with Crippen LogP contribution in [-0.2, 0) is 14.8 Å². The highest BCUT2D eigenvalue weighted by atomic mass is 79.9. The third kappa shape index (κ3) is 5.80. The average molecular weight is 500 g/mol. The number of nitrogens with one attached hydrogen (secondary N) is 1. The average Bonchev–Trinajstić information content (AvgIpc) is 2.77. The predicted molar refractivity (Wildman–Crippen MR) is 127 cm³/mol. The van der Waals surface area contributed by atoms with Crippen molar-refractivity contribution in [3.05, 3.63) is 94.5 Å². The number of para-hydroxylation sites is 1. The summed E-state index contributed by atoms with van der Waals surface area (Å²) in [5.41, 5.74) is 5.25. The van der Waals surface area contributed by atoms with Gasteiger partial charge < -0.3 is 0 Å². The Bertz CT molecular complexity index is 1180. The topological polar surface area (TPSA) is 78.8 Å². The van der Waals surface area contributed by atoms with Gasteiger partial charge >= 0.3 is 0 Å². The maximum absolute atomic E-state index is 13.3. The third-order valence-corrected chi connectivity index (χ3v) is 6.87. The second-order valence-electron chi connectivity index (χ2n) is 6.90. The fourth-order valence-corrected chi connectivity index (χ4v) is 4.50. The molecule has 1 N–H and O–H groups in total. The van der Waals surface area contributed by atoms with Crippen molar-refractivity contribution in [2.45, 2.75) is 18.7 Å². The number of carbonyl (C=O) groups is 1. The highest BCUT2D eigenvalue weighted by Gasteiger charge is 2.27. The molecule has 0 atom stereocenters. The van der Waals surface area contributed by atoms with E-state index in [9.17, 15) is 13.2 Å². The molecule has 0 saturated carbocycles. The Kier molecular flexibility index (Phi) is 7.25. The largest absolute Gasteiger partial charge is 0.271 e. The van der Waals surface area contributed by atoms with Crippen molar-refractivity contribution < 1.29 is 13.2 Å². The van der Waals surface area contributed by atoms with Crippen LogP contribution in [0.4, 0.5) is 5.69 Å². The Morgan fingerprint density at radius 1 is 0.968 bits per heavy atom. The number of aryl methyl sites for hydroxylation is 1. The van der Waals surface area contributed by atoms with Gasteiger partial charge in [0, 0.05) is 4.47 Å². The van der Waals surface area contributed by atoms with Crippen molar-refractivity contribution in [1.29, 1.82) is 0 Å². The van der Waals surface area contributed by atoms with Gasteiger partial charge in [0.2, 0.25) is 0 Å². The Labute approximate surface area is 190 Å². The molecule has 0 radical (unpaired) electrons. The van der Waals surface area contributed by atoms with E-state index >= 15 is 0 Å². The van der Waals surface area contributed by atoms with E-state index in [4.69, 9.17) is 0 Å². The van der Waals surface area contributed by atoms with Gasteiger partial charge in [0.25, 0.3) is 15.9 Å². The molecule has 0 aliphatic heterocycles. The van der Waals surface area contributed by atoms with Gasteiger partial charge in [-0.15, -0.1) is 0 Å². The number of halogens is 1. The Morgan fingerprint density at radius 3 is 2.19 bits per heavy atom. The van der Waals surface area contributed by atoms with Gasteiger partial charge in [-0.1, -0.05) is 64.0 Å². The predicted octanol–water partition coefficient (Wildman–Crippen LogP) is 4.49. The molecule has 0 aromatic heterocycles. The smallest absolute Gasteiger partial charge is 0.264 e. The van der Waals surface area contributed by atoms with Crippen LogP contribution in [0.3, 0.4) is 0 Å². The number of nitrogens with zero attached hydrogens (tertiary/aromatic N) is 2. The fraction of sp³-hybridized carbons (Fsp3) is 0.130. The lowest BCUT2D eigenvalue weighted by molar-refractivity contribution is -0.119. The second kappa shape index (κ2) is 9.89. The molecule has 0 fully saturated rings. The zero-order valence-corrected chi connectivity index (χ0v) is 19.5. The molecule has 31 heavy (non-hydrogen) atoms. The normalized spacial score (nSPS) is 11.8. The quantitative estimate of drug-likeness (QED) is 0.384. The molecule has 0 spiro atoms. The molecule has 0 heterocycles. The monoisotopic (exact) mass is 499 g/mol. The summed E-state index contributed by atoms with van der Waals surface area (Å²) in [6.45, 7) is 3.24. The zero-order valence-electron chi connectivity index (χ0n) is 17.1. The first-order chi connectivity index (χ1) is 14.8. The standard InChI is InChI=1S/C23H22BrN3O3S/c1-17-8-14-22(15-9-17)31(29,30)27(21-6-4-3-5-7-21)16-23(28)26-25-18(2)19-10-12-20(24)13-11-19/h3-15H,16H2,1-2H3,(H,26,28)/b25-18-. The van der Waals surface area contributed by atoms with E-state index in [0.29, 0.717) is 11.4 Å². The lowest BCUT2D eigenvalue weighted by atomic mass is 10.1. The Balaban J connectivity index is 1.83. The molecule has 0 aliphatic rings. The molecule has 0 unspecified atom stereocenters. The SMILES string of the molecule is C/C(=N/NC(=O)CN(c1ccccc1)S(=O)(=O)c1ccc(C)cc1)c1ccc(Br)cc1. The second-order valence-corrected chi connectivity index (χ2v) is 9.68. The molecule has 0 bridgehead atoms. The van der Waals surface area contributed by atoms with Crippen molar-refractivity contribution >= 4 is 43.3 Å². The van der Waals surface area contributed by atoms with E-state index in [2.05, 4.69) is 26.5 Å². The first-order valence-corrected chi connectivity index (χ1v) is 11.7. The van der Waals surface area contributed by atoms with Crippen LogP contribution in [0, 0.1) is 6.92 Å². The molecule has 0 aliphatic carbocycles. The number of anilines is 1. The van der Waals surface area contributed by atoms with Crippen molar-refractivity contribution in [3.63, 3.8) is 0 Å². The minimum absolute atomic E-state index is 0.115. The van der Waals surface area contributed by atoms with E-state index in [1.165, 1.54) is 12.1 Å². The number of benzene rings is 3. The number of hydrazone groups is 1. The van der Waals surface area contributed by atoms with Crippen LogP contribution in [0.5, 0.6) is 0 Å². The Morgan fingerprint density at radius 2 is 1.58 bits per heavy atom. The lowest BCUT2D eigenvalue weighted by Gasteiger charge is -2.23. The fourth-order valence-electron chi connectivity index (χ4n) is 2.81. The van der Waals surface area contributed by atoms with Crippen LogP contribution in [-0.4, -0.2) is 26.6 Å². The van der Waals surface area contributed by atoms with Gasteiger partial charge in [0.15, 0.2) is 0 Å². The molecule has 160 valence electrons. The summed E-state index contributed by atoms with van der Waals surface area (Å²) < 4.78 is 28.6. The Hall–Kier alpha value is -2.97. The molecule has 3 aromatic rings. The molecule has 3 rings (SSSR count). The van der Waals surface area contributed by atoms with Gasteiger partial charge in [0.05, 0.1) is 16.3 Å². The van der Waals surface area contributed by atoms with Gasteiger partial charge in [-0.05, 0) is 55.8 Å². The van der Waals surface area contributed by atoms with Crippen LogP contribution in [0.15, 0.2) is 93.3 Å². The van der Waals surface area contributed by atoms with Crippen LogP contribution in [0.2, 0.25) is 0 Å². The minimum atomic E-state index is -3.94. The maximum atomic E-state index is 13.3. The third-order valence-electron chi connectivity index (χ3n) is 4.55. The van der Waals surface area contributed by atoms with E-state index < -0.39 is 22.5 Å². The lowest BCUT2D eigenvalue weighted by Crippen LogP contribution is -2.39. The van der Waals surface area contributed by atoms with Crippen molar-refractivity contribution in [3.8, 4) is 0 Å². The maximum Gasteiger partial charge on any atom is 0.264 e. The molecule has 3 aromatic carbocycles. The van der Waals surface area contributed by atoms with Gasteiger partial charge in [-0.25, -0.2) is 13.8 Å². The summed E-state index contributed by atoms with van der Waals surface area (Å²) in [5, 5.41) is 4.12. The number of amides is 1. The van der Waals surface area contributed by atoms with Gasteiger partial charge in [-0.3, -0.25) is 9.10 Å². The highest BCUT2D eigenvalue weighted by Crippen LogP contribution is 2.23. The summed E-state index contributed by atoms with van der Waals surface area (Å²) >= 11 is 3.38. The first-order valence-electron chi connectivity index (χ1n) is 9.51. The summed E-state index contributed by atoms with van der Waals surface area (Å²) in [4.78, 5) is 12.7. The molecule has 6 nitrogen and oxygen atoms in total. The molecule has 1 amide bonds. The van der Waals surface area contributed by atoms with E-state index in [1.54, 1.807) is 49.4 Å². The first kappa shape index (κ1) is 22.7. The summed E-state index contributed by atoms with van der Waals surface area (Å²) in [5.74, 6) is -0.545. The van der Waals surface area contributed by atoms with Gasteiger partial charge in [0.1, 0.15) is 6.54 Å². The van der Waals surface area contributed by atoms with Crippen LogP contribution in [0.1, 0.15) is 18.1 Å². The molecule has 8 heteroatoms. The summed E-state index contributed by atoms with van der Waals surface area (Å²) in [6.07, 6.45) is 0. The molecule has 0 saturated heterocycles. The summed E-state index contributed by atoms with van der Waals surface area (Å²) in [6, 6.07) is 22.5. The number of sulfonamides is 1. The number of hydrogen-bond donors (Lipinski definition) is 1. The van der Waals surface area contributed by atoms with Crippen LogP contribution in [0.25, 0.3) is 0 Å². The van der Waals surface area contributed by atoms with Crippen molar-refractivity contribution in [2.24, 2.45) is 5.10 Å².